The van der Waals surface area contributed by atoms with E-state index in [1.54, 1.807) is 0 Å². The first kappa shape index (κ1) is 41.3. The summed E-state index contributed by atoms with van der Waals surface area (Å²) in [6.45, 7) is 0. The van der Waals surface area contributed by atoms with Crippen LogP contribution in [0.2, 0.25) is 0 Å². The number of rotatable bonds is 6. The van der Waals surface area contributed by atoms with Crippen molar-refractivity contribution in [2.24, 2.45) is 0 Å². The second-order valence-electron chi connectivity index (χ2n) is 19.2. The van der Waals surface area contributed by atoms with Gasteiger partial charge in [0.15, 0.2) is 17.5 Å². The van der Waals surface area contributed by atoms with Gasteiger partial charge >= 0.3 is 0 Å². The summed E-state index contributed by atoms with van der Waals surface area (Å²) in [5.74, 6) is 1.83. The maximum atomic E-state index is 5.36. The van der Waals surface area contributed by atoms with Crippen molar-refractivity contribution in [3.63, 3.8) is 0 Å². The summed E-state index contributed by atoms with van der Waals surface area (Å²) in [5.41, 5.74) is 14.4. The van der Waals surface area contributed by atoms with Crippen LogP contribution in [0.15, 0.2) is 243 Å². The molecule has 16 rings (SSSR count). The minimum absolute atomic E-state index is 0.591. The molecule has 0 N–H and O–H groups in total. The zero-order chi connectivity index (χ0) is 49.1. The van der Waals surface area contributed by atoms with Crippen LogP contribution in [0, 0.1) is 0 Å². The Morgan fingerprint density at radius 2 is 0.773 bits per heavy atom. The molecule has 0 bridgehead atoms. The summed E-state index contributed by atoms with van der Waals surface area (Å²) < 4.78 is 7.18. The lowest BCUT2D eigenvalue weighted by atomic mass is 10.0. The fourth-order valence-electron chi connectivity index (χ4n) is 11.9. The Kier molecular flexibility index (Phi) is 8.87. The molecule has 348 valence electrons. The van der Waals surface area contributed by atoms with Crippen LogP contribution in [0.3, 0.4) is 0 Å². The number of hydrogen-bond acceptors (Lipinski definition) is 5. The molecule has 75 heavy (non-hydrogen) atoms. The Balaban J connectivity index is 0.982. The molecule has 0 aliphatic carbocycles. The van der Waals surface area contributed by atoms with Crippen LogP contribution < -0.4 is 0 Å². The highest BCUT2D eigenvalue weighted by molar-refractivity contribution is 6.22. The summed E-state index contributed by atoms with van der Waals surface area (Å²) >= 11 is 0. The molecule has 0 saturated heterocycles. The number of fused-ring (bicyclic) bond motifs is 13. The van der Waals surface area contributed by atoms with Crippen molar-refractivity contribution in [1.29, 1.82) is 0 Å². The largest absolute Gasteiger partial charge is 0.309 e. The lowest BCUT2D eigenvalue weighted by Gasteiger charge is -2.15. The van der Waals surface area contributed by atoms with Gasteiger partial charge in [-0.15, -0.1) is 0 Å². The molecule has 6 aromatic heterocycles. The standard InChI is InChI=1S/C67H40N8/c1-3-22-46-41(16-1)18-12-28-50(46)66-70-65(71-67(72-66)51-29-13-19-42-17-2-4-23-47(42)51)43-20-11-21-44(38-43)74-58-35-34-45(73-56-30-9-7-26-52(56)62-59(73)32-14-36-68-62)39-54(58)55-40-61(48-24-5-6-25-49(48)64(55)74)75-57-31-10-8-27-53(57)63-60(75)33-15-37-69-63/h1-40H. The van der Waals surface area contributed by atoms with Crippen molar-refractivity contribution in [2.45, 2.75) is 0 Å². The van der Waals surface area contributed by atoms with Gasteiger partial charge in [0.25, 0.3) is 0 Å². The summed E-state index contributed by atoms with van der Waals surface area (Å²) in [5, 5.41) is 11.1. The Bertz CT molecular complexity index is 4830. The van der Waals surface area contributed by atoms with E-state index >= 15 is 0 Å². The van der Waals surface area contributed by atoms with Crippen LogP contribution in [0.5, 0.6) is 0 Å². The molecule has 0 aliphatic rings. The third kappa shape index (κ3) is 6.20. The van der Waals surface area contributed by atoms with Crippen molar-refractivity contribution < 1.29 is 0 Å². The van der Waals surface area contributed by atoms with Gasteiger partial charge in [-0.2, -0.15) is 0 Å². The molecule has 8 heteroatoms. The summed E-state index contributed by atoms with van der Waals surface area (Å²) in [6.07, 6.45) is 3.77. The van der Waals surface area contributed by atoms with E-state index in [0.29, 0.717) is 17.5 Å². The summed E-state index contributed by atoms with van der Waals surface area (Å²) in [7, 11) is 0. The van der Waals surface area contributed by atoms with E-state index in [4.69, 9.17) is 24.9 Å². The minimum atomic E-state index is 0.591. The number of pyridine rings is 2. The quantitative estimate of drug-likeness (QED) is 0.166. The van der Waals surface area contributed by atoms with Gasteiger partial charge in [-0.05, 0) is 94.3 Å². The average Bonchev–Trinajstić information content (AvgIpc) is 4.20. The molecule has 0 spiro atoms. The monoisotopic (exact) mass is 956 g/mol. The van der Waals surface area contributed by atoms with Gasteiger partial charge in [-0.25, -0.2) is 15.0 Å². The van der Waals surface area contributed by atoms with Crippen molar-refractivity contribution in [3.05, 3.63) is 243 Å². The van der Waals surface area contributed by atoms with E-state index in [0.717, 1.165) is 132 Å². The maximum Gasteiger partial charge on any atom is 0.164 e. The van der Waals surface area contributed by atoms with Gasteiger partial charge in [0.05, 0.1) is 49.8 Å². The van der Waals surface area contributed by atoms with Gasteiger partial charge in [0.1, 0.15) is 0 Å². The second kappa shape index (κ2) is 16.1. The fraction of sp³-hybridized carbons (Fsp3) is 0. The van der Waals surface area contributed by atoms with Gasteiger partial charge in [0, 0.05) is 72.8 Å². The van der Waals surface area contributed by atoms with E-state index in [-0.39, 0.29) is 0 Å². The smallest absolute Gasteiger partial charge is 0.164 e. The molecule has 0 saturated carbocycles. The Hall–Kier alpha value is -10.3. The van der Waals surface area contributed by atoms with Crippen LogP contribution in [0.1, 0.15) is 0 Å². The lowest BCUT2D eigenvalue weighted by molar-refractivity contribution is 1.08. The molecular formula is C67H40N8. The highest BCUT2D eigenvalue weighted by atomic mass is 15.0. The van der Waals surface area contributed by atoms with Crippen LogP contribution in [-0.2, 0) is 0 Å². The molecule has 0 fully saturated rings. The van der Waals surface area contributed by atoms with Crippen LogP contribution in [0.25, 0.3) is 149 Å². The van der Waals surface area contributed by atoms with Gasteiger partial charge in [-0.1, -0.05) is 158 Å². The second-order valence-corrected chi connectivity index (χ2v) is 19.2. The maximum absolute atomic E-state index is 5.36. The van der Waals surface area contributed by atoms with Crippen molar-refractivity contribution in [3.8, 4) is 51.2 Å². The third-order valence-corrected chi connectivity index (χ3v) is 15.1. The van der Waals surface area contributed by atoms with Crippen LogP contribution >= 0.6 is 0 Å². The molecule has 8 nitrogen and oxygen atoms in total. The fourth-order valence-corrected chi connectivity index (χ4v) is 11.9. The zero-order valence-electron chi connectivity index (χ0n) is 40.2. The zero-order valence-corrected chi connectivity index (χ0v) is 40.2. The lowest BCUT2D eigenvalue weighted by Crippen LogP contribution is -2.02. The first-order valence-corrected chi connectivity index (χ1v) is 25.2. The molecule has 0 radical (unpaired) electrons. The molecule has 0 amide bonds. The Morgan fingerprint density at radius 1 is 0.280 bits per heavy atom. The first-order chi connectivity index (χ1) is 37.2. The van der Waals surface area contributed by atoms with Gasteiger partial charge in [-0.3, -0.25) is 9.97 Å². The Labute approximate surface area is 428 Å². The highest BCUT2D eigenvalue weighted by Gasteiger charge is 2.24. The summed E-state index contributed by atoms with van der Waals surface area (Å²) in [6, 6.07) is 81.9. The predicted octanol–water partition coefficient (Wildman–Crippen LogP) is 16.4. The van der Waals surface area contributed by atoms with E-state index in [9.17, 15) is 0 Å². The molecule has 10 aromatic carbocycles. The van der Waals surface area contributed by atoms with Gasteiger partial charge in [0.2, 0.25) is 0 Å². The first-order valence-electron chi connectivity index (χ1n) is 25.2. The molecule has 0 atom stereocenters. The van der Waals surface area contributed by atoms with Crippen molar-refractivity contribution >= 4 is 98.0 Å². The topological polar surface area (TPSA) is 79.2 Å². The number of nitrogens with zero attached hydrogens (tertiary/aromatic N) is 8. The predicted molar refractivity (Wildman–Crippen MR) is 307 cm³/mol. The minimum Gasteiger partial charge on any atom is -0.309 e. The molecular weight excluding hydrogens is 917 g/mol. The van der Waals surface area contributed by atoms with Crippen molar-refractivity contribution in [1.82, 2.24) is 38.6 Å². The highest BCUT2D eigenvalue weighted by Crippen LogP contribution is 2.44. The average molecular weight is 957 g/mol. The molecule has 16 aromatic rings. The number of aromatic nitrogens is 8. The number of benzene rings is 10. The van der Waals surface area contributed by atoms with Crippen LogP contribution in [0.4, 0.5) is 0 Å². The Morgan fingerprint density at radius 3 is 1.44 bits per heavy atom. The van der Waals surface area contributed by atoms with E-state index < -0.39 is 0 Å². The van der Waals surface area contributed by atoms with Gasteiger partial charge < -0.3 is 13.7 Å². The van der Waals surface area contributed by atoms with Crippen LogP contribution in [-0.4, -0.2) is 38.6 Å². The van der Waals surface area contributed by atoms with Crippen molar-refractivity contribution in [2.75, 3.05) is 0 Å². The normalized spacial score (nSPS) is 12.0. The SMILES string of the molecule is c1cc(-c2nc(-c3cccc4ccccc34)nc(-c3cccc4ccccc34)n2)cc(-n2c3ccc(-n4c5ccccc5c5ncccc54)cc3c3cc(-n4c5ccccc5c5ncccc54)c4ccccc4c32)c1. The third-order valence-electron chi connectivity index (χ3n) is 15.1. The summed E-state index contributed by atoms with van der Waals surface area (Å²) in [4.78, 5) is 25.8. The molecule has 6 heterocycles. The number of para-hydroxylation sites is 2. The molecule has 0 aliphatic heterocycles. The van der Waals surface area contributed by atoms with E-state index in [1.807, 2.05) is 24.5 Å². The van der Waals surface area contributed by atoms with E-state index in [2.05, 4.69) is 232 Å². The number of hydrogen-bond donors (Lipinski definition) is 0. The van der Waals surface area contributed by atoms with E-state index in [1.165, 1.54) is 0 Å². The molecule has 0 unspecified atom stereocenters.